The van der Waals surface area contributed by atoms with E-state index in [1.54, 1.807) is 37.4 Å². The molecule has 1 aliphatic rings. The van der Waals surface area contributed by atoms with E-state index in [0.717, 1.165) is 31.6 Å². The molecule has 29 heavy (non-hydrogen) atoms. The molecule has 0 radical (unpaired) electrons. The van der Waals surface area contributed by atoms with E-state index < -0.39 is 0 Å². The number of carbonyl (C=O) groups excluding carboxylic acids is 2. The van der Waals surface area contributed by atoms with Crippen LogP contribution < -0.4 is 20.1 Å². The molecule has 0 atom stereocenters. The van der Waals surface area contributed by atoms with Crippen molar-refractivity contribution in [2.75, 3.05) is 45.7 Å². The Morgan fingerprint density at radius 3 is 2.45 bits per heavy atom. The van der Waals surface area contributed by atoms with Crippen molar-refractivity contribution in [2.45, 2.75) is 13.3 Å². The van der Waals surface area contributed by atoms with Crippen molar-refractivity contribution in [3.05, 3.63) is 53.1 Å². The minimum Gasteiger partial charge on any atom is -0.493 e. The lowest BCUT2D eigenvalue weighted by molar-refractivity contribution is 0.0766. The van der Waals surface area contributed by atoms with Crippen LogP contribution in [0, 0.1) is 6.92 Å². The summed E-state index contributed by atoms with van der Waals surface area (Å²) in [5.41, 5.74) is 2.59. The molecule has 2 amide bonds. The summed E-state index contributed by atoms with van der Waals surface area (Å²) < 4.78 is 10.5. The monoisotopic (exact) mass is 397 g/mol. The predicted molar refractivity (Wildman–Crippen MR) is 112 cm³/mol. The van der Waals surface area contributed by atoms with Crippen LogP contribution in [0.4, 0.5) is 5.69 Å². The number of aryl methyl sites for hydroxylation is 1. The lowest BCUT2D eigenvalue weighted by atomic mass is 10.1. The Balaban J connectivity index is 1.73. The predicted octanol–water partition coefficient (Wildman–Crippen LogP) is 2.70. The highest BCUT2D eigenvalue weighted by Crippen LogP contribution is 2.28. The molecule has 3 rings (SSSR count). The lowest BCUT2D eigenvalue weighted by Crippen LogP contribution is -2.34. The van der Waals surface area contributed by atoms with Gasteiger partial charge in [0.25, 0.3) is 11.8 Å². The highest BCUT2D eigenvalue weighted by molar-refractivity contribution is 6.05. The molecule has 154 valence electrons. The fourth-order valence-electron chi connectivity index (χ4n) is 3.34. The van der Waals surface area contributed by atoms with Crippen LogP contribution >= 0.6 is 0 Å². The SMILES string of the molecule is COc1ccc(C(=O)Nc2ccc(C(=O)N3CCCNCC3)cc2C)cc1OC. The number of amides is 2. The van der Waals surface area contributed by atoms with Crippen LogP contribution in [0.2, 0.25) is 0 Å². The fraction of sp³-hybridized carbons (Fsp3) is 0.364. The molecule has 2 aromatic rings. The van der Waals surface area contributed by atoms with Gasteiger partial charge in [0.2, 0.25) is 0 Å². The molecule has 0 bridgehead atoms. The maximum atomic E-state index is 12.8. The first kappa shape index (κ1) is 20.7. The van der Waals surface area contributed by atoms with Crippen molar-refractivity contribution in [3.63, 3.8) is 0 Å². The van der Waals surface area contributed by atoms with Crippen LogP contribution in [0.25, 0.3) is 0 Å². The van der Waals surface area contributed by atoms with E-state index in [1.165, 1.54) is 7.11 Å². The van der Waals surface area contributed by atoms with Gasteiger partial charge < -0.3 is 25.0 Å². The second kappa shape index (κ2) is 9.43. The van der Waals surface area contributed by atoms with E-state index in [-0.39, 0.29) is 11.8 Å². The molecular formula is C22H27N3O4. The van der Waals surface area contributed by atoms with Gasteiger partial charge in [-0.05, 0) is 61.9 Å². The first-order chi connectivity index (χ1) is 14.0. The van der Waals surface area contributed by atoms with Crippen LogP contribution in [0.5, 0.6) is 11.5 Å². The summed E-state index contributed by atoms with van der Waals surface area (Å²) in [7, 11) is 3.08. The standard InChI is InChI=1S/C22H27N3O4/c1-15-13-17(22(27)25-11-4-9-23-10-12-25)5-7-18(15)24-21(26)16-6-8-19(28-2)20(14-16)29-3/h5-8,13-14,23H,4,9-12H2,1-3H3,(H,24,26). The number of nitrogens with zero attached hydrogens (tertiary/aromatic N) is 1. The highest BCUT2D eigenvalue weighted by atomic mass is 16.5. The zero-order valence-corrected chi connectivity index (χ0v) is 17.1. The van der Waals surface area contributed by atoms with E-state index in [1.807, 2.05) is 17.9 Å². The number of hydrogen-bond acceptors (Lipinski definition) is 5. The molecule has 0 aromatic heterocycles. The average Bonchev–Trinajstić information content (AvgIpc) is 3.03. The molecule has 0 aliphatic carbocycles. The number of ether oxygens (including phenoxy) is 2. The third-order valence-electron chi connectivity index (χ3n) is 4.99. The number of methoxy groups -OCH3 is 2. The maximum absolute atomic E-state index is 12.8. The number of nitrogens with one attached hydrogen (secondary N) is 2. The third-order valence-corrected chi connectivity index (χ3v) is 4.99. The molecule has 7 heteroatoms. The first-order valence-corrected chi connectivity index (χ1v) is 9.67. The van der Waals surface area contributed by atoms with Gasteiger partial charge in [-0.2, -0.15) is 0 Å². The topological polar surface area (TPSA) is 79.9 Å². The van der Waals surface area contributed by atoms with Crippen molar-refractivity contribution in [2.24, 2.45) is 0 Å². The van der Waals surface area contributed by atoms with Gasteiger partial charge in [0.1, 0.15) is 0 Å². The van der Waals surface area contributed by atoms with Crippen LogP contribution in [-0.4, -0.2) is 57.1 Å². The molecule has 2 aromatic carbocycles. The van der Waals surface area contributed by atoms with E-state index >= 15 is 0 Å². The van der Waals surface area contributed by atoms with E-state index in [9.17, 15) is 9.59 Å². The summed E-state index contributed by atoms with van der Waals surface area (Å²) in [5.74, 6) is 0.817. The first-order valence-electron chi connectivity index (χ1n) is 9.67. The normalized spacial score (nSPS) is 14.1. The second-order valence-electron chi connectivity index (χ2n) is 6.95. The molecule has 1 aliphatic heterocycles. The summed E-state index contributed by atoms with van der Waals surface area (Å²) in [6.07, 6.45) is 0.949. The number of benzene rings is 2. The summed E-state index contributed by atoms with van der Waals surface area (Å²) in [6.45, 7) is 5.08. The van der Waals surface area contributed by atoms with Crippen molar-refractivity contribution < 1.29 is 19.1 Å². The van der Waals surface area contributed by atoms with Crippen LogP contribution in [0.15, 0.2) is 36.4 Å². The van der Waals surface area contributed by atoms with Crippen LogP contribution in [-0.2, 0) is 0 Å². The molecule has 1 fully saturated rings. The Hall–Kier alpha value is -3.06. The third kappa shape index (κ3) is 4.86. The largest absolute Gasteiger partial charge is 0.493 e. The molecule has 0 spiro atoms. The van der Waals surface area contributed by atoms with Gasteiger partial charge in [-0.1, -0.05) is 0 Å². The van der Waals surface area contributed by atoms with Crippen molar-refractivity contribution >= 4 is 17.5 Å². The Kier molecular flexibility index (Phi) is 6.72. The van der Waals surface area contributed by atoms with Crippen LogP contribution in [0.3, 0.4) is 0 Å². The molecular weight excluding hydrogens is 370 g/mol. The Morgan fingerprint density at radius 2 is 1.72 bits per heavy atom. The Morgan fingerprint density at radius 1 is 0.966 bits per heavy atom. The van der Waals surface area contributed by atoms with Gasteiger partial charge in [-0.25, -0.2) is 0 Å². The van der Waals surface area contributed by atoms with E-state index in [4.69, 9.17) is 9.47 Å². The van der Waals surface area contributed by atoms with E-state index in [2.05, 4.69) is 10.6 Å². The van der Waals surface area contributed by atoms with Crippen molar-refractivity contribution in [1.29, 1.82) is 0 Å². The number of hydrogen-bond donors (Lipinski definition) is 2. The van der Waals surface area contributed by atoms with Gasteiger partial charge in [-0.3, -0.25) is 9.59 Å². The number of carbonyl (C=O) groups is 2. The molecule has 0 saturated carbocycles. The van der Waals surface area contributed by atoms with Gasteiger partial charge in [-0.15, -0.1) is 0 Å². The lowest BCUT2D eigenvalue weighted by Gasteiger charge is -2.20. The number of anilines is 1. The zero-order chi connectivity index (χ0) is 20.8. The second-order valence-corrected chi connectivity index (χ2v) is 6.95. The summed E-state index contributed by atoms with van der Waals surface area (Å²) in [6, 6.07) is 10.4. The smallest absolute Gasteiger partial charge is 0.255 e. The molecule has 2 N–H and O–H groups in total. The Labute approximate surface area is 171 Å². The van der Waals surface area contributed by atoms with Gasteiger partial charge in [0.05, 0.1) is 14.2 Å². The molecule has 1 saturated heterocycles. The molecule has 7 nitrogen and oxygen atoms in total. The summed E-state index contributed by atoms with van der Waals surface area (Å²) in [4.78, 5) is 27.3. The van der Waals surface area contributed by atoms with E-state index in [0.29, 0.717) is 34.9 Å². The minimum absolute atomic E-state index is 0.0227. The summed E-state index contributed by atoms with van der Waals surface area (Å²) >= 11 is 0. The molecule has 0 unspecified atom stereocenters. The van der Waals surface area contributed by atoms with Gasteiger partial charge in [0, 0.05) is 36.4 Å². The van der Waals surface area contributed by atoms with Crippen molar-refractivity contribution in [1.82, 2.24) is 10.2 Å². The Bertz CT molecular complexity index is 890. The highest BCUT2D eigenvalue weighted by Gasteiger charge is 2.18. The minimum atomic E-state index is -0.258. The van der Waals surface area contributed by atoms with Crippen LogP contribution in [0.1, 0.15) is 32.7 Å². The van der Waals surface area contributed by atoms with Gasteiger partial charge in [0.15, 0.2) is 11.5 Å². The number of rotatable bonds is 5. The molecule has 1 heterocycles. The van der Waals surface area contributed by atoms with Crippen molar-refractivity contribution in [3.8, 4) is 11.5 Å². The van der Waals surface area contributed by atoms with Gasteiger partial charge >= 0.3 is 0 Å². The summed E-state index contributed by atoms with van der Waals surface area (Å²) in [5, 5.41) is 6.20. The quantitative estimate of drug-likeness (QED) is 0.811. The average molecular weight is 397 g/mol. The fourth-order valence-corrected chi connectivity index (χ4v) is 3.34. The zero-order valence-electron chi connectivity index (χ0n) is 17.1. The maximum Gasteiger partial charge on any atom is 0.255 e.